The summed E-state index contributed by atoms with van der Waals surface area (Å²) in [5.74, 6) is -2.84. The lowest BCUT2D eigenvalue weighted by Gasteiger charge is -2.25. The van der Waals surface area contributed by atoms with Crippen LogP contribution in [0.15, 0.2) is 60.8 Å². The normalized spacial score (nSPS) is 14.2. The van der Waals surface area contributed by atoms with Gasteiger partial charge in [-0.05, 0) is 29.5 Å². The first-order valence-corrected chi connectivity index (χ1v) is 13.8. The number of amides is 3. The topological polar surface area (TPSA) is 166 Å². The molecule has 0 bridgehead atoms. The summed E-state index contributed by atoms with van der Waals surface area (Å²) in [5.41, 5.74) is 8.26. The number of rotatable bonds is 14. The summed E-state index contributed by atoms with van der Waals surface area (Å²) in [6.45, 7) is 3.72. The Kier molecular flexibility index (Phi) is 11.2. The Bertz CT molecular complexity index is 1310. The Morgan fingerprint density at radius 1 is 0.850 bits per heavy atom. The van der Waals surface area contributed by atoms with Gasteiger partial charge in [0.25, 0.3) is 0 Å². The van der Waals surface area contributed by atoms with E-state index in [0.29, 0.717) is 0 Å². The molecule has 40 heavy (non-hydrogen) atoms. The Hall–Kier alpha value is -3.83. The van der Waals surface area contributed by atoms with Crippen molar-refractivity contribution in [3.63, 3.8) is 0 Å². The molecule has 214 valence electrons. The number of hydrogen-bond donors (Lipinski definition) is 7. The zero-order valence-electron chi connectivity index (χ0n) is 22.6. The molecule has 1 aromatic heterocycles. The van der Waals surface area contributed by atoms with Crippen LogP contribution in [0.25, 0.3) is 10.9 Å². The minimum Gasteiger partial charge on any atom is -0.480 e. The first-order valence-electron chi connectivity index (χ1n) is 13.2. The van der Waals surface area contributed by atoms with Gasteiger partial charge in [-0.25, -0.2) is 4.79 Å². The summed E-state index contributed by atoms with van der Waals surface area (Å²) in [5, 5.41) is 18.6. The minimum absolute atomic E-state index is 0.0181. The number of nitrogens with two attached hydrogens (primary N) is 1. The average Bonchev–Trinajstić information content (AvgIpc) is 3.34. The second-order valence-corrected chi connectivity index (χ2v) is 10.6. The van der Waals surface area contributed by atoms with Gasteiger partial charge in [0.1, 0.15) is 18.1 Å². The highest BCUT2D eigenvalue weighted by atomic mass is 32.1. The SMILES string of the molecule is CC(C)CC(NC(=O)C(Cc1c[nH]c2ccccc12)NC(=O)C(Cc1ccccc1)NC(=O)C(N)CS)C(=O)O. The minimum atomic E-state index is -1.16. The van der Waals surface area contributed by atoms with Crippen molar-refractivity contribution >= 4 is 47.2 Å². The fourth-order valence-electron chi connectivity index (χ4n) is 4.39. The predicted molar refractivity (Wildman–Crippen MR) is 157 cm³/mol. The first-order chi connectivity index (χ1) is 19.1. The number of aromatic nitrogens is 1. The van der Waals surface area contributed by atoms with Gasteiger partial charge in [-0.2, -0.15) is 12.6 Å². The second kappa shape index (κ2) is 14.5. The maximum absolute atomic E-state index is 13.6. The van der Waals surface area contributed by atoms with Gasteiger partial charge >= 0.3 is 5.97 Å². The van der Waals surface area contributed by atoms with Crippen molar-refractivity contribution in [1.82, 2.24) is 20.9 Å². The molecular formula is C29H37N5O5S. The number of benzene rings is 2. The van der Waals surface area contributed by atoms with Crippen LogP contribution in [0.3, 0.4) is 0 Å². The van der Waals surface area contributed by atoms with Gasteiger partial charge in [0.2, 0.25) is 17.7 Å². The molecule has 0 fully saturated rings. The van der Waals surface area contributed by atoms with Crippen LogP contribution < -0.4 is 21.7 Å². The van der Waals surface area contributed by atoms with Crippen molar-refractivity contribution in [2.75, 3.05) is 5.75 Å². The molecule has 3 rings (SSSR count). The van der Waals surface area contributed by atoms with E-state index < -0.39 is 47.9 Å². The number of aliphatic carboxylic acids is 1. The number of fused-ring (bicyclic) bond motifs is 1. The Morgan fingerprint density at radius 2 is 1.43 bits per heavy atom. The van der Waals surface area contributed by atoms with E-state index in [9.17, 15) is 24.3 Å². The highest BCUT2D eigenvalue weighted by molar-refractivity contribution is 7.80. The Labute approximate surface area is 238 Å². The first kappa shape index (κ1) is 30.7. The lowest BCUT2D eigenvalue weighted by Crippen LogP contribution is -2.58. The molecule has 0 radical (unpaired) electrons. The molecule has 2 aromatic carbocycles. The molecule has 11 heteroatoms. The van der Waals surface area contributed by atoms with Crippen molar-refractivity contribution in [3.8, 4) is 0 Å². The molecule has 0 saturated heterocycles. The molecule has 0 saturated carbocycles. The number of carboxylic acids is 1. The van der Waals surface area contributed by atoms with Crippen molar-refractivity contribution in [3.05, 3.63) is 71.9 Å². The largest absolute Gasteiger partial charge is 0.480 e. The third-order valence-electron chi connectivity index (χ3n) is 6.50. The smallest absolute Gasteiger partial charge is 0.326 e. The number of carbonyl (C=O) groups excluding carboxylic acids is 3. The van der Waals surface area contributed by atoms with E-state index in [1.54, 1.807) is 6.20 Å². The van der Waals surface area contributed by atoms with Crippen LogP contribution in [0.5, 0.6) is 0 Å². The van der Waals surface area contributed by atoms with Gasteiger partial charge in [-0.1, -0.05) is 62.4 Å². The summed E-state index contributed by atoms with van der Waals surface area (Å²) in [6, 6.07) is 12.5. The van der Waals surface area contributed by atoms with Crippen LogP contribution in [-0.2, 0) is 32.0 Å². The molecular weight excluding hydrogens is 530 g/mol. The molecule has 4 atom stereocenters. The van der Waals surface area contributed by atoms with E-state index in [1.807, 2.05) is 68.4 Å². The highest BCUT2D eigenvalue weighted by Crippen LogP contribution is 2.19. The quantitative estimate of drug-likeness (QED) is 0.147. The predicted octanol–water partition coefficient (Wildman–Crippen LogP) is 1.80. The maximum Gasteiger partial charge on any atom is 0.326 e. The number of H-pyrrole nitrogens is 1. The molecule has 0 spiro atoms. The number of carboxylic acid groups (broad SMARTS) is 1. The summed E-state index contributed by atoms with van der Waals surface area (Å²) in [4.78, 5) is 54.7. The third kappa shape index (κ3) is 8.59. The molecule has 10 nitrogen and oxygen atoms in total. The fourth-order valence-corrected chi connectivity index (χ4v) is 4.55. The average molecular weight is 568 g/mol. The number of nitrogens with one attached hydrogen (secondary N) is 4. The number of aromatic amines is 1. The van der Waals surface area contributed by atoms with Crippen LogP contribution in [0, 0.1) is 5.92 Å². The van der Waals surface area contributed by atoms with E-state index in [0.717, 1.165) is 22.0 Å². The van der Waals surface area contributed by atoms with Crippen LogP contribution in [-0.4, -0.2) is 63.7 Å². The van der Waals surface area contributed by atoms with Gasteiger partial charge < -0.3 is 31.8 Å². The van der Waals surface area contributed by atoms with Crippen LogP contribution in [0.4, 0.5) is 0 Å². The van der Waals surface area contributed by atoms with Crippen molar-refractivity contribution in [1.29, 1.82) is 0 Å². The van der Waals surface area contributed by atoms with Crippen LogP contribution >= 0.6 is 12.6 Å². The number of para-hydroxylation sites is 1. The van der Waals surface area contributed by atoms with E-state index in [-0.39, 0.29) is 30.9 Å². The number of hydrogen-bond acceptors (Lipinski definition) is 6. The summed E-state index contributed by atoms with van der Waals surface area (Å²) >= 11 is 4.07. The van der Waals surface area contributed by atoms with Crippen LogP contribution in [0.2, 0.25) is 0 Å². The molecule has 4 unspecified atom stereocenters. The standard InChI is InChI=1S/C29H37N5O5S/c1-17(2)12-25(29(38)39)34-28(37)24(14-19-15-31-22-11-7-6-10-20(19)22)33-27(36)23(32-26(35)21(30)16-40)13-18-8-4-3-5-9-18/h3-11,15,17,21,23-25,31,40H,12-14,16,30H2,1-2H3,(H,32,35)(H,33,36)(H,34,37)(H,38,39). The fraction of sp³-hybridized carbons (Fsp3) is 0.379. The molecule has 0 aliphatic carbocycles. The molecule has 3 aromatic rings. The maximum atomic E-state index is 13.6. The zero-order valence-corrected chi connectivity index (χ0v) is 23.5. The molecule has 0 aliphatic heterocycles. The Balaban J connectivity index is 1.89. The highest BCUT2D eigenvalue weighted by Gasteiger charge is 2.31. The van der Waals surface area contributed by atoms with Gasteiger partial charge in [-0.15, -0.1) is 0 Å². The van der Waals surface area contributed by atoms with Crippen molar-refractivity contribution < 1.29 is 24.3 Å². The number of carbonyl (C=O) groups is 4. The van der Waals surface area contributed by atoms with E-state index in [4.69, 9.17) is 5.73 Å². The monoisotopic (exact) mass is 567 g/mol. The summed E-state index contributed by atoms with van der Waals surface area (Å²) in [6.07, 6.45) is 2.24. The zero-order chi connectivity index (χ0) is 29.2. The van der Waals surface area contributed by atoms with E-state index in [1.165, 1.54) is 0 Å². The van der Waals surface area contributed by atoms with Gasteiger partial charge in [0.15, 0.2) is 0 Å². The summed E-state index contributed by atoms with van der Waals surface area (Å²) < 4.78 is 0. The van der Waals surface area contributed by atoms with Crippen LogP contribution in [0.1, 0.15) is 31.4 Å². The molecule has 3 amide bonds. The van der Waals surface area contributed by atoms with E-state index in [2.05, 4.69) is 33.6 Å². The van der Waals surface area contributed by atoms with Gasteiger partial charge in [0, 0.05) is 35.7 Å². The number of thiol groups is 1. The van der Waals surface area contributed by atoms with Crippen molar-refractivity contribution in [2.45, 2.75) is 57.3 Å². The second-order valence-electron chi connectivity index (χ2n) is 10.2. The van der Waals surface area contributed by atoms with Gasteiger partial charge in [-0.3, -0.25) is 14.4 Å². The lowest BCUT2D eigenvalue weighted by atomic mass is 10.00. The molecule has 7 N–H and O–H groups in total. The lowest BCUT2D eigenvalue weighted by molar-refractivity contribution is -0.142. The van der Waals surface area contributed by atoms with E-state index >= 15 is 0 Å². The third-order valence-corrected chi connectivity index (χ3v) is 6.90. The summed E-state index contributed by atoms with van der Waals surface area (Å²) in [7, 11) is 0. The van der Waals surface area contributed by atoms with Gasteiger partial charge in [0.05, 0.1) is 6.04 Å². The molecule has 0 aliphatic rings. The molecule has 1 heterocycles. The van der Waals surface area contributed by atoms with Crippen molar-refractivity contribution in [2.24, 2.45) is 11.7 Å². The Morgan fingerprint density at radius 3 is 2.05 bits per heavy atom.